The lowest BCUT2D eigenvalue weighted by Gasteiger charge is -2.38. The van der Waals surface area contributed by atoms with Gasteiger partial charge in [-0.25, -0.2) is 8.42 Å². The summed E-state index contributed by atoms with van der Waals surface area (Å²) in [5, 5.41) is 19.3. The Morgan fingerprint density at radius 2 is 1.94 bits per heavy atom. The van der Waals surface area contributed by atoms with Gasteiger partial charge in [0.1, 0.15) is 22.9 Å². The molecule has 0 saturated carbocycles. The molecule has 2 N–H and O–H groups in total. The zero-order valence-electron chi connectivity index (χ0n) is 20.6. The predicted octanol–water partition coefficient (Wildman–Crippen LogP) is 1.55. The molecule has 0 aromatic heterocycles. The number of hydrogen-bond donors (Lipinski definition) is 2. The lowest BCUT2D eigenvalue weighted by Crippen LogP contribution is -2.50. The number of fused-ring (bicyclic) bond motifs is 1. The summed E-state index contributed by atoms with van der Waals surface area (Å²) in [7, 11) is -1.82. The molecule has 0 bridgehead atoms. The summed E-state index contributed by atoms with van der Waals surface area (Å²) in [6, 6.07) is 4.20. The monoisotopic (exact) mass is 494 g/mol. The maximum Gasteiger partial charge on any atom is 0.247 e. The molecule has 3 rings (SSSR count). The first-order chi connectivity index (χ1) is 16.1. The van der Waals surface area contributed by atoms with Crippen LogP contribution in [-0.4, -0.2) is 92.6 Å². The van der Waals surface area contributed by atoms with Gasteiger partial charge < -0.3 is 24.6 Å². The first-order valence-corrected chi connectivity index (χ1v) is 13.4. The normalized spacial score (nSPS) is 25.3. The van der Waals surface area contributed by atoms with E-state index >= 15 is 0 Å². The molecule has 9 heteroatoms. The highest BCUT2D eigenvalue weighted by Crippen LogP contribution is 2.34. The van der Waals surface area contributed by atoms with E-state index in [9.17, 15) is 18.6 Å². The minimum absolute atomic E-state index is 0.0689. The van der Waals surface area contributed by atoms with Gasteiger partial charge in [0, 0.05) is 50.4 Å². The number of sulfonamides is 1. The quantitative estimate of drug-likeness (QED) is 0.579. The van der Waals surface area contributed by atoms with Crippen molar-refractivity contribution in [3.63, 3.8) is 0 Å². The summed E-state index contributed by atoms with van der Waals surface area (Å²) < 4.78 is 40.3. The minimum Gasteiger partial charge on any atom is -0.487 e. The van der Waals surface area contributed by atoms with Crippen LogP contribution in [0.15, 0.2) is 23.1 Å². The summed E-state index contributed by atoms with van der Waals surface area (Å²) in [6.07, 6.45) is 1.03. The van der Waals surface area contributed by atoms with E-state index in [1.54, 1.807) is 26.0 Å². The van der Waals surface area contributed by atoms with E-state index in [0.717, 1.165) is 32.6 Å². The number of aliphatic hydroxyl groups is 2. The van der Waals surface area contributed by atoms with Crippen LogP contribution in [0.25, 0.3) is 0 Å². The number of rotatable bonds is 6. The van der Waals surface area contributed by atoms with Gasteiger partial charge in [-0.2, -0.15) is 4.31 Å². The van der Waals surface area contributed by atoms with Crippen molar-refractivity contribution in [3.05, 3.63) is 23.8 Å². The zero-order chi connectivity index (χ0) is 24.9. The molecule has 1 aromatic rings. The Bertz CT molecular complexity index is 981. The average molecular weight is 495 g/mol. The third-order valence-electron chi connectivity index (χ3n) is 6.49. The summed E-state index contributed by atoms with van der Waals surface area (Å²) in [4.78, 5) is 2.32. The Hall–Kier alpha value is -1.67. The highest BCUT2D eigenvalue weighted by Gasteiger charge is 2.38. The van der Waals surface area contributed by atoms with Crippen LogP contribution in [0.2, 0.25) is 0 Å². The first kappa shape index (κ1) is 26.9. The molecular formula is C25H38N2O6S. The fourth-order valence-corrected chi connectivity index (χ4v) is 6.29. The molecule has 2 heterocycles. The fraction of sp³-hybridized carbons (Fsp3) is 0.680. The Morgan fingerprint density at radius 3 is 2.59 bits per heavy atom. The molecule has 1 saturated heterocycles. The minimum atomic E-state index is -3.89. The topological polar surface area (TPSA) is 99.5 Å². The van der Waals surface area contributed by atoms with Gasteiger partial charge in [-0.05, 0) is 57.9 Å². The van der Waals surface area contributed by atoms with E-state index in [4.69, 9.17) is 9.47 Å². The standard InChI is InChI=1S/C25H38N2O6S/c1-18-14-27(19(2)17-28)34(30,31)25-8-7-21(6-5-20(3)29)13-23(25)33-24(18)16-26(4)15-22-9-11-32-12-10-22/h7-8,13,18-20,22,24,28-29H,9-12,14-17H2,1-4H3/t18-,19+,20-,24-/m0/s1. The van der Waals surface area contributed by atoms with Crippen LogP contribution < -0.4 is 4.74 Å². The van der Waals surface area contributed by atoms with Crippen molar-refractivity contribution in [2.75, 3.05) is 46.5 Å². The van der Waals surface area contributed by atoms with Gasteiger partial charge in [-0.3, -0.25) is 0 Å². The van der Waals surface area contributed by atoms with Crippen molar-refractivity contribution in [1.82, 2.24) is 9.21 Å². The molecular weight excluding hydrogens is 456 g/mol. The molecule has 2 aliphatic heterocycles. The SMILES string of the molecule is C[C@H](O)C#Cc1ccc2c(c1)O[C@@H](CN(C)CC1CCOCC1)[C@@H](C)CN([C@H](C)CO)S2(=O)=O. The fourth-order valence-electron chi connectivity index (χ4n) is 4.46. The maximum absolute atomic E-state index is 13.5. The smallest absolute Gasteiger partial charge is 0.247 e. The summed E-state index contributed by atoms with van der Waals surface area (Å²) in [5.74, 6) is 6.28. The molecule has 190 valence electrons. The number of benzene rings is 1. The highest BCUT2D eigenvalue weighted by atomic mass is 32.2. The second-order valence-corrected chi connectivity index (χ2v) is 11.5. The molecule has 2 aliphatic rings. The van der Waals surface area contributed by atoms with Gasteiger partial charge in [-0.15, -0.1) is 0 Å². The number of hydrogen-bond acceptors (Lipinski definition) is 7. The Morgan fingerprint density at radius 1 is 1.24 bits per heavy atom. The predicted molar refractivity (Wildman–Crippen MR) is 130 cm³/mol. The lowest BCUT2D eigenvalue weighted by molar-refractivity contribution is 0.0402. The molecule has 1 aromatic carbocycles. The highest BCUT2D eigenvalue weighted by molar-refractivity contribution is 7.89. The van der Waals surface area contributed by atoms with E-state index in [2.05, 4.69) is 23.8 Å². The van der Waals surface area contributed by atoms with Crippen molar-refractivity contribution in [2.24, 2.45) is 11.8 Å². The maximum atomic E-state index is 13.5. The van der Waals surface area contributed by atoms with Crippen molar-refractivity contribution in [2.45, 2.75) is 56.8 Å². The van der Waals surface area contributed by atoms with Crippen LogP contribution in [0, 0.1) is 23.7 Å². The van der Waals surface area contributed by atoms with E-state index in [1.807, 2.05) is 6.92 Å². The molecule has 0 spiro atoms. The third kappa shape index (κ3) is 6.72. The molecule has 0 amide bonds. The van der Waals surface area contributed by atoms with Gasteiger partial charge in [-0.1, -0.05) is 18.8 Å². The van der Waals surface area contributed by atoms with Crippen LogP contribution in [0.5, 0.6) is 5.75 Å². The van der Waals surface area contributed by atoms with Crippen LogP contribution >= 0.6 is 0 Å². The third-order valence-corrected chi connectivity index (χ3v) is 8.51. The van der Waals surface area contributed by atoms with Gasteiger partial charge in [0.05, 0.1) is 6.61 Å². The van der Waals surface area contributed by atoms with E-state index < -0.39 is 22.2 Å². The molecule has 4 atom stereocenters. The van der Waals surface area contributed by atoms with Crippen LogP contribution in [-0.2, 0) is 14.8 Å². The molecule has 0 radical (unpaired) electrons. The van der Waals surface area contributed by atoms with Gasteiger partial charge in [0.15, 0.2) is 0 Å². The van der Waals surface area contributed by atoms with E-state index in [0.29, 0.717) is 18.0 Å². The summed E-state index contributed by atoms with van der Waals surface area (Å²) in [6.45, 7) is 8.41. The largest absolute Gasteiger partial charge is 0.487 e. The van der Waals surface area contributed by atoms with Crippen LogP contribution in [0.1, 0.15) is 39.2 Å². The average Bonchev–Trinajstić information content (AvgIpc) is 2.80. The molecule has 0 unspecified atom stereocenters. The van der Waals surface area contributed by atoms with Crippen molar-refractivity contribution >= 4 is 10.0 Å². The van der Waals surface area contributed by atoms with Gasteiger partial charge >= 0.3 is 0 Å². The number of nitrogens with zero attached hydrogens (tertiary/aromatic N) is 2. The lowest BCUT2D eigenvalue weighted by atomic mass is 9.98. The van der Waals surface area contributed by atoms with Crippen molar-refractivity contribution in [1.29, 1.82) is 0 Å². The molecule has 1 fully saturated rings. The van der Waals surface area contributed by atoms with Gasteiger partial charge in [0.2, 0.25) is 10.0 Å². The van der Waals surface area contributed by atoms with Crippen LogP contribution in [0.4, 0.5) is 0 Å². The Balaban J connectivity index is 1.94. The molecule has 34 heavy (non-hydrogen) atoms. The summed E-state index contributed by atoms with van der Waals surface area (Å²) in [5.41, 5.74) is 0.569. The Kier molecular flexibility index (Phi) is 9.38. The molecule has 8 nitrogen and oxygen atoms in total. The number of aliphatic hydroxyl groups excluding tert-OH is 2. The van der Waals surface area contributed by atoms with Crippen molar-refractivity contribution < 1.29 is 28.1 Å². The van der Waals surface area contributed by atoms with Crippen LogP contribution in [0.3, 0.4) is 0 Å². The second kappa shape index (κ2) is 11.8. The van der Waals surface area contributed by atoms with Crippen molar-refractivity contribution in [3.8, 4) is 17.6 Å². The second-order valence-electron chi connectivity index (χ2n) is 9.62. The number of likely N-dealkylation sites (N-methyl/N-ethyl adjacent to an activating group) is 1. The molecule has 0 aliphatic carbocycles. The van der Waals surface area contributed by atoms with E-state index in [1.165, 1.54) is 10.4 Å². The van der Waals surface area contributed by atoms with E-state index in [-0.39, 0.29) is 35.8 Å². The van der Waals surface area contributed by atoms with Gasteiger partial charge in [0.25, 0.3) is 0 Å². The number of ether oxygens (including phenoxy) is 2. The Labute approximate surface area is 203 Å². The first-order valence-electron chi connectivity index (χ1n) is 12.0. The summed E-state index contributed by atoms with van der Waals surface area (Å²) >= 11 is 0. The zero-order valence-corrected chi connectivity index (χ0v) is 21.4.